The van der Waals surface area contributed by atoms with Crippen LogP contribution in [0.25, 0.3) is 0 Å². The lowest BCUT2D eigenvalue weighted by Crippen LogP contribution is -1.94. The Morgan fingerprint density at radius 2 is 1.39 bits per heavy atom. The number of allylic oxidation sites excluding steroid dienone is 3. The molecule has 2 heterocycles. The zero-order valence-corrected chi connectivity index (χ0v) is 23.8. The SMILES string of the molecule is CC.CC.CC/C=C\C(=C/NC)CC.CCC.CCc1ccccn1.CCc1ccncc1. The predicted octanol–water partition coefficient (Wildman–Crippen LogP) is 9.22. The maximum absolute atomic E-state index is 4.10. The van der Waals surface area contributed by atoms with Gasteiger partial charge in [-0.05, 0) is 67.3 Å². The molecule has 190 valence electrons. The van der Waals surface area contributed by atoms with Crippen molar-refractivity contribution in [2.24, 2.45) is 0 Å². The maximum Gasteiger partial charge on any atom is 0.0400 e. The van der Waals surface area contributed by atoms with Crippen LogP contribution in [0.2, 0.25) is 0 Å². The molecule has 0 spiro atoms. The molecule has 1 N–H and O–H groups in total. The Bertz CT molecular complexity index is 565. The van der Waals surface area contributed by atoms with Gasteiger partial charge in [-0.3, -0.25) is 9.97 Å². The summed E-state index contributed by atoms with van der Waals surface area (Å²) in [7, 11) is 1.93. The Morgan fingerprint density at radius 1 is 0.818 bits per heavy atom. The molecule has 33 heavy (non-hydrogen) atoms. The van der Waals surface area contributed by atoms with Crippen LogP contribution in [0.1, 0.15) is 99.8 Å². The highest BCUT2D eigenvalue weighted by atomic mass is 14.8. The summed E-state index contributed by atoms with van der Waals surface area (Å²) in [6.45, 7) is 20.8. The average molecular weight is 458 g/mol. The first-order valence-corrected chi connectivity index (χ1v) is 12.9. The number of aromatic nitrogens is 2. The summed E-state index contributed by atoms with van der Waals surface area (Å²) >= 11 is 0. The molecule has 0 fully saturated rings. The molecule has 0 aliphatic rings. The van der Waals surface area contributed by atoms with Crippen molar-refractivity contribution in [3.05, 3.63) is 84.1 Å². The summed E-state index contributed by atoms with van der Waals surface area (Å²) < 4.78 is 0. The number of rotatable bonds is 6. The summed E-state index contributed by atoms with van der Waals surface area (Å²) in [5.74, 6) is 0. The zero-order chi connectivity index (χ0) is 26.2. The summed E-state index contributed by atoms with van der Waals surface area (Å²) in [4.78, 5) is 7.99. The lowest BCUT2D eigenvalue weighted by atomic mass is 10.2. The molecular formula is C30H55N3. The van der Waals surface area contributed by atoms with Crippen molar-refractivity contribution in [1.29, 1.82) is 0 Å². The Hall–Kier alpha value is -2.42. The Kier molecular flexibility index (Phi) is 42.4. The number of nitrogens with zero attached hydrogens (tertiary/aromatic N) is 2. The molecule has 3 nitrogen and oxygen atoms in total. The Morgan fingerprint density at radius 3 is 1.70 bits per heavy atom. The van der Waals surface area contributed by atoms with Crippen molar-refractivity contribution < 1.29 is 0 Å². The third-order valence-corrected chi connectivity index (χ3v) is 3.55. The topological polar surface area (TPSA) is 37.8 Å². The van der Waals surface area contributed by atoms with Gasteiger partial charge in [-0.1, -0.05) is 93.9 Å². The van der Waals surface area contributed by atoms with E-state index in [0.29, 0.717) is 0 Å². The summed E-state index contributed by atoms with van der Waals surface area (Å²) in [5.41, 5.74) is 3.86. The van der Waals surface area contributed by atoms with Gasteiger partial charge in [0.15, 0.2) is 0 Å². The van der Waals surface area contributed by atoms with Gasteiger partial charge >= 0.3 is 0 Å². The van der Waals surface area contributed by atoms with Gasteiger partial charge in [0.05, 0.1) is 0 Å². The average Bonchev–Trinajstić information content (AvgIpc) is 2.91. The molecule has 2 aromatic rings. The minimum Gasteiger partial charge on any atom is -0.394 e. The smallest absolute Gasteiger partial charge is 0.0400 e. The fraction of sp³-hybridized carbons (Fsp3) is 0.533. The number of aryl methyl sites for hydroxylation is 2. The van der Waals surface area contributed by atoms with Gasteiger partial charge in [0, 0.05) is 31.3 Å². The molecule has 0 amide bonds. The van der Waals surface area contributed by atoms with E-state index in [-0.39, 0.29) is 0 Å². The Labute approximate surface area is 207 Å². The van der Waals surface area contributed by atoms with Gasteiger partial charge in [-0.25, -0.2) is 0 Å². The lowest BCUT2D eigenvalue weighted by Gasteiger charge is -1.95. The molecule has 2 aromatic heterocycles. The van der Waals surface area contributed by atoms with Crippen LogP contribution in [0.3, 0.4) is 0 Å². The van der Waals surface area contributed by atoms with E-state index in [2.05, 4.69) is 69.0 Å². The molecular weight excluding hydrogens is 402 g/mol. The van der Waals surface area contributed by atoms with E-state index >= 15 is 0 Å². The van der Waals surface area contributed by atoms with Crippen LogP contribution >= 0.6 is 0 Å². The third kappa shape index (κ3) is 31.8. The molecule has 0 aliphatic carbocycles. The van der Waals surface area contributed by atoms with Crippen molar-refractivity contribution in [3.63, 3.8) is 0 Å². The molecule has 0 saturated carbocycles. The van der Waals surface area contributed by atoms with Gasteiger partial charge in [-0.15, -0.1) is 0 Å². The summed E-state index contributed by atoms with van der Waals surface area (Å²) in [5, 5.41) is 3.01. The van der Waals surface area contributed by atoms with Crippen molar-refractivity contribution in [2.45, 2.75) is 101 Å². The molecule has 0 unspecified atom stereocenters. The largest absolute Gasteiger partial charge is 0.394 e. The van der Waals surface area contributed by atoms with E-state index in [1.54, 1.807) is 0 Å². The third-order valence-electron chi connectivity index (χ3n) is 3.55. The van der Waals surface area contributed by atoms with E-state index < -0.39 is 0 Å². The highest BCUT2D eigenvalue weighted by molar-refractivity contribution is 5.16. The van der Waals surface area contributed by atoms with Crippen LogP contribution < -0.4 is 5.32 Å². The van der Waals surface area contributed by atoms with Crippen LogP contribution in [-0.2, 0) is 12.8 Å². The molecule has 0 atom stereocenters. The van der Waals surface area contributed by atoms with Gasteiger partial charge in [-0.2, -0.15) is 0 Å². The van der Waals surface area contributed by atoms with Crippen LogP contribution in [0.4, 0.5) is 0 Å². The first kappa shape index (κ1) is 37.9. The van der Waals surface area contributed by atoms with Crippen molar-refractivity contribution in [1.82, 2.24) is 15.3 Å². The van der Waals surface area contributed by atoms with Crippen molar-refractivity contribution in [3.8, 4) is 0 Å². The minimum atomic E-state index is 1.03. The second-order valence-corrected chi connectivity index (χ2v) is 6.26. The predicted molar refractivity (Wildman–Crippen MR) is 153 cm³/mol. The fourth-order valence-electron chi connectivity index (χ4n) is 1.95. The van der Waals surface area contributed by atoms with Gasteiger partial charge < -0.3 is 5.32 Å². The van der Waals surface area contributed by atoms with Crippen LogP contribution in [0.5, 0.6) is 0 Å². The lowest BCUT2D eigenvalue weighted by molar-refractivity contribution is 1.03. The van der Waals surface area contributed by atoms with E-state index in [9.17, 15) is 0 Å². The normalized spacial score (nSPS) is 9.12. The molecule has 0 bridgehead atoms. The summed E-state index contributed by atoms with van der Waals surface area (Å²) in [6, 6.07) is 10.0. The summed E-state index contributed by atoms with van der Waals surface area (Å²) in [6.07, 6.45) is 17.4. The van der Waals surface area contributed by atoms with Gasteiger partial charge in [0.25, 0.3) is 0 Å². The molecule has 0 radical (unpaired) electrons. The first-order chi connectivity index (χ1) is 16.1. The second-order valence-electron chi connectivity index (χ2n) is 6.26. The minimum absolute atomic E-state index is 1.03. The second kappa shape index (κ2) is 36.9. The van der Waals surface area contributed by atoms with Crippen LogP contribution in [0, 0.1) is 0 Å². The fourth-order valence-corrected chi connectivity index (χ4v) is 1.95. The first-order valence-electron chi connectivity index (χ1n) is 12.9. The zero-order valence-electron chi connectivity index (χ0n) is 23.8. The monoisotopic (exact) mass is 457 g/mol. The number of pyridine rings is 2. The van der Waals surface area contributed by atoms with Crippen molar-refractivity contribution >= 4 is 0 Å². The Balaban J connectivity index is -0.000000169. The number of hydrogen-bond donors (Lipinski definition) is 1. The van der Waals surface area contributed by atoms with E-state index in [4.69, 9.17) is 0 Å². The molecule has 0 aromatic carbocycles. The van der Waals surface area contributed by atoms with Crippen LogP contribution in [-0.4, -0.2) is 17.0 Å². The molecule has 3 heteroatoms. The highest BCUT2D eigenvalue weighted by Crippen LogP contribution is 2.00. The number of hydrogen-bond acceptors (Lipinski definition) is 3. The van der Waals surface area contributed by atoms with Gasteiger partial charge in [0.1, 0.15) is 0 Å². The maximum atomic E-state index is 4.10. The van der Waals surface area contributed by atoms with Crippen LogP contribution in [0.15, 0.2) is 72.8 Å². The highest BCUT2D eigenvalue weighted by Gasteiger charge is 1.83. The molecule has 0 saturated heterocycles. The quantitative estimate of drug-likeness (QED) is 0.439. The molecule has 0 aliphatic heterocycles. The van der Waals surface area contributed by atoms with Crippen molar-refractivity contribution in [2.75, 3.05) is 7.05 Å². The number of nitrogens with one attached hydrogen (secondary N) is 1. The molecule has 2 rings (SSSR count). The van der Waals surface area contributed by atoms with Gasteiger partial charge in [0.2, 0.25) is 0 Å². The standard InChI is InChI=1S/C9H17N.2C7H9N.C3H8.2C2H6/c1-4-6-7-9(5-2)8-10-3;1-2-7-3-5-8-6-4-7;1-2-7-5-3-4-6-8-7;1-3-2;2*1-2/h6-8,10H,4-5H2,1-3H3;2*3-6H,2H2,1H3;3H2,1-2H3;2*1-2H3/b7-6-,9-8-;;;;;. The van der Waals surface area contributed by atoms with E-state index in [1.165, 1.54) is 17.6 Å². The van der Waals surface area contributed by atoms with E-state index in [0.717, 1.165) is 31.4 Å². The van der Waals surface area contributed by atoms with E-state index in [1.807, 2.05) is 89.9 Å².